The zero-order valence-corrected chi connectivity index (χ0v) is 8.19. The van der Waals surface area contributed by atoms with E-state index in [9.17, 15) is 0 Å². The first kappa shape index (κ1) is 9.32. The predicted molar refractivity (Wildman–Crippen MR) is 58.1 cm³/mol. The zero-order chi connectivity index (χ0) is 10.8. The van der Waals surface area contributed by atoms with Crippen LogP contribution in [-0.2, 0) is 0 Å². The number of nitrogens with one attached hydrogen (secondary N) is 1. The van der Waals surface area contributed by atoms with E-state index in [2.05, 4.69) is 15.3 Å². The number of hydrogen-bond donors (Lipinski definition) is 3. The fourth-order valence-corrected chi connectivity index (χ4v) is 1.28. The number of hydrogen-bond acceptors (Lipinski definition) is 6. The maximum atomic E-state index is 5.85. The van der Waals surface area contributed by atoms with Crippen molar-refractivity contribution in [1.82, 2.24) is 9.97 Å². The molecule has 78 valence electrons. The van der Waals surface area contributed by atoms with E-state index < -0.39 is 0 Å². The van der Waals surface area contributed by atoms with E-state index in [1.165, 1.54) is 0 Å². The van der Waals surface area contributed by atoms with Crippen molar-refractivity contribution in [3.63, 3.8) is 0 Å². The molecule has 0 aliphatic carbocycles. The van der Waals surface area contributed by atoms with E-state index in [-0.39, 0.29) is 5.95 Å². The van der Waals surface area contributed by atoms with Crippen molar-refractivity contribution in [2.45, 2.75) is 0 Å². The summed E-state index contributed by atoms with van der Waals surface area (Å²) in [6.07, 6.45) is 1.55. The molecule has 0 atom stereocenters. The van der Waals surface area contributed by atoms with E-state index >= 15 is 0 Å². The van der Waals surface area contributed by atoms with Gasteiger partial charge in [0.15, 0.2) is 11.6 Å². The Morgan fingerprint density at radius 1 is 1.33 bits per heavy atom. The molecule has 2 aromatic rings. The highest BCUT2D eigenvalue weighted by molar-refractivity contribution is 5.79. The first-order valence-electron chi connectivity index (χ1n) is 4.37. The monoisotopic (exact) mass is 205 g/mol. The third-order valence-corrected chi connectivity index (χ3v) is 1.95. The lowest BCUT2D eigenvalue weighted by Crippen LogP contribution is -2.06. The van der Waals surface area contributed by atoms with Gasteiger partial charge in [-0.15, -0.1) is 0 Å². The number of anilines is 3. The van der Waals surface area contributed by atoms with E-state index in [1.807, 2.05) is 0 Å². The van der Waals surface area contributed by atoms with Crippen molar-refractivity contribution in [2.24, 2.45) is 0 Å². The molecule has 0 fully saturated rings. The Kier molecular flexibility index (Phi) is 2.17. The van der Waals surface area contributed by atoms with Crippen molar-refractivity contribution >= 4 is 17.5 Å². The topological polar surface area (TPSA) is 103 Å². The van der Waals surface area contributed by atoms with Gasteiger partial charge < -0.3 is 21.2 Å². The summed E-state index contributed by atoms with van der Waals surface area (Å²) < 4.78 is 5.20. The second kappa shape index (κ2) is 3.49. The van der Waals surface area contributed by atoms with Gasteiger partial charge in [-0.3, -0.25) is 0 Å². The van der Waals surface area contributed by atoms with Crippen LogP contribution in [0.2, 0.25) is 0 Å². The van der Waals surface area contributed by atoms with Crippen LogP contribution in [0.5, 0.6) is 0 Å². The minimum absolute atomic E-state index is 0.153. The Balaban J connectivity index is 2.61. The third kappa shape index (κ3) is 1.56. The van der Waals surface area contributed by atoms with Crippen LogP contribution in [0.1, 0.15) is 0 Å². The molecule has 2 heterocycles. The number of nitrogens with two attached hydrogens (primary N) is 2. The Labute approximate surface area is 86.3 Å². The van der Waals surface area contributed by atoms with Crippen molar-refractivity contribution in [3.05, 3.63) is 18.4 Å². The molecule has 2 rings (SSSR count). The number of nitrogens with zero attached hydrogens (tertiary/aromatic N) is 2. The maximum absolute atomic E-state index is 5.85. The van der Waals surface area contributed by atoms with Crippen LogP contribution in [0.3, 0.4) is 0 Å². The van der Waals surface area contributed by atoms with Gasteiger partial charge in [0.1, 0.15) is 11.4 Å². The number of furan rings is 1. The largest absolute Gasteiger partial charge is 0.463 e. The fourth-order valence-electron chi connectivity index (χ4n) is 1.28. The van der Waals surface area contributed by atoms with Crippen LogP contribution in [-0.4, -0.2) is 17.0 Å². The molecule has 5 N–H and O–H groups in total. The number of nitrogen functional groups attached to an aromatic ring is 2. The lowest BCUT2D eigenvalue weighted by molar-refractivity contribution is 0.580. The minimum Gasteiger partial charge on any atom is -0.463 e. The highest BCUT2D eigenvalue weighted by Gasteiger charge is 2.13. The molecule has 0 spiro atoms. The van der Waals surface area contributed by atoms with Gasteiger partial charge in [0.05, 0.1) is 6.26 Å². The average Bonchev–Trinajstić information content (AvgIpc) is 2.74. The van der Waals surface area contributed by atoms with Crippen LogP contribution in [0.15, 0.2) is 22.8 Å². The third-order valence-electron chi connectivity index (χ3n) is 1.95. The van der Waals surface area contributed by atoms with E-state index in [1.54, 1.807) is 25.4 Å². The smallest absolute Gasteiger partial charge is 0.222 e. The van der Waals surface area contributed by atoms with Gasteiger partial charge in [0.2, 0.25) is 5.95 Å². The molecule has 0 saturated carbocycles. The molecule has 0 amide bonds. The Hall–Kier alpha value is -2.24. The summed E-state index contributed by atoms with van der Waals surface area (Å²) in [6, 6.07) is 3.52. The van der Waals surface area contributed by atoms with Gasteiger partial charge >= 0.3 is 0 Å². The van der Waals surface area contributed by atoms with Crippen LogP contribution < -0.4 is 16.8 Å². The summed E-state index contributed by atoms with van der Waals surface area (Å²) in [7, 11) is 1.71. The lowest BCUT2D eigenvalue weighted by atomic mass is 10.2. The summed E-state index contributed by atoms with van der Waals surface area (Å²) in [5.74, 6) is 1.21. The predicted octanol–water partition coefficient (Wildman–Crippen LogP) is 0.943. The van der Waals surface area contributed by atoms with Crippen LogP contribution >= 0.6 is 0 Å². The van der Waals surface area contributed by atoms with Crippen molar-refractivity contribution < 1.29 is 4.42 Å². The summed E-state index contributed by atoms with van der Waals surface area (Å²) in [5, 5.41) is 2.84. The second-order valence-electron chi connectivity index (χ2n) is 2.92. The molecule has 6 nitrogen and oxygen atoms in total. The standard InChI is InChI=1S/C9H11N5O/c1-12-8-6(10)7(13-9(11)14-8)5-3-2-4-15-5/h2-4H,10H2,1H3,(H3,11,12,13,14). The first-order chi connectivity index (χ1) is 7.22. The van der Waals surface area contributed by atoms with Gasteiger partial charge in [-0.05, 0) is 12.1 Å². The van der Waals surface area contributed by atoms with Gasteiger partial charge in [-0.1, -0.05) is 0 Å². The highest BCUT2D eigenvalue weighted by atomic mass is 16.3. The van der Waals surface area contributed by atoms with Crippen molar-refractivity contribution in [1.29, 1.82) is 0 Å². The molecule has 0 radical (unpaired) electrons. The minimum atomic E-state index is 0.153. The SMILES string of the molecule is CNc1nc(N)nc(-c2ccco2)c1N. The molecule has 0 aromatic carbocycles. The normalized spacial score (nSPS) is 10.2. The molecular weight excluding hydrogens is 194 g/mol. The van der Waals surface area contributed by atoms with E-state index in [4.69, 9.17) is 15.9 Å². The molecular formula is C9H11N5O. The molecule has 0 aliphatic heterocycles. The van der Waals surface area contributed by atoms with Crippen LogP contribution in [0.25, 0.3) is 11.5 Å². The van der Waals surface area contributed by atoms with Gasteiger partial charge in [-0.2, -0.15) is 4.98 Å². The van der Waals surface area contributed by atoms with Crippen molar-refractivity contribution in [2.75, 3.05) is 23.8 Å². The Morgan fingerprint density at radius 2 is 2.13 bits per heavy atom. The van der Waals surface area contributed by atoms with Crippen molar-refractivity contribution in [3.8, 4) is 11.5 Å². The Bertz CT molecular complexity index is 466. The molecule has 0 aliphatic rings. The Morgan fingerprint density at radius 3 is 2.73 bits per heavy atom. The number of aromatic nitrogens is 2. The average molecular weight is 205 g/mol. The second-order valence-corrected chi connectivity index (χ2v) is 2.92. The van der Waals surface area contributed by atoms with Gasteiger partial charge in [-0.25, -0.2) is 4.98 Å². The fraction of sp³-hybridized carbons (Fsp3) is 0.111. The molecule has 2 aromatic heterocycles. The summed E-state index contributed by atoms with van der Waals surface area (Å²) >= 11 is 0. The van der Waals surface area contributed by atoms with Crippen LogP contribution in [0.4, 0.5) is 17.5 Å². The van der Waals surface area contributed by atoms with Gasteiger partial charge in [0.25, 0.3) is 0 Å². The summed E-state index contributed by atoms with van der Waals surface area (Å²) in [6.45, 7) is 0. The molecule has 0 unspecified atom stereocenters. The van der Waals surface area contributed by atoms with Crippen LogP contribution in [0, 0.1) is 0 Å². The molecule has 6 heteroatoms. The highest BCUT2D eigenvalue weighted by Crippen LogP contribution is 2.29. The quantitative estimate of drug-likeness (QED) is 0.674. The zero-order valence-electron chi connectivity index (χ0n) is 8.19. The molecule has 0 saturated heterocycles. The summed E-state index contributed by atoms with van der Waals surface area (Å²) in [5.41, 5.74) is 12.3. The van der Waals surface area contributed by atoms with E-state index in [0.29, 0.717) is 23.0 Å². The molecule has 0 bridgehead atoms. The van der Waals surface area contributed by atoms with E-state index in [0.717, 1.165) is 0 Å². The molecule has 15 heavy (non-hydrogen) atoms. The summed E-state index contributed by atoms with van der Waals surface area (Å²) in [4.78, 5) is 7.98. The van der Waals surface area contributed by atoms with Gasteiger partial charge in [0, 0.05) is 7.05 Å². The number of rotatable bonds is 2. The maximum Gasteiger partial charge on any atom is 0.222 e. The first-order valence-corrected chi connectivity index (χ1v) is 4.37. The lowest BCUT2D eigenvalue weighted by Gasteiger charge is -2.07.